The summed E-state index contributed by atoms with van der Waals surface area (Å²) in [5, 5.41) is 3.39. The first-order valence-corrected chi connectivity index (χ1v) is 6.18. The van der Waals surface area contributed by atoms with Gasteiger partial charge in [0, 0.05) is 19.6 Å². The maximum absolute atomic E-state index is 10.8. The maximum Gasteiger partial charge on any atom is 0.305 e. The minimum absolute atomic E-state index is 0.153. The van der Waals surface area contributed by atoms with Crippen molar-refractivity contribution >= 4 is 5.97 Å². The molecule has 4 heteroatoms. The molecular weight excluding hydrogens is 206 g/mol. The van der Waals surface area contributed by atoms with E-state index in [1.165, 1.54) is 20.0 Å². The SMILES string of the molecule is COC(=O)CCCOCCC1CCCNC1. The number of rotatable bonds is 7. The van der Waals surface area contributed by atoms with Crippen LogP contribution in [0.3, 0.4) is 0 Å². The Bertz CT molecular complexity index is 191. The lowest BCUT2D eigenvalue weighted by Gasteiger charge is -2.22. The van der Waals surface area contributed by atoms with Gasteiger partial charge in [-0.3, -0.25) is 4.79 Å². The molecule has 0 radical (unpaired) electrons. The Morgan fingerprint density at radius 1 is 1.44 bits per heavy atom. The van der Waals surface area contributed by atoms with E-state index in [-0.39, 0.29) is 5.97 Å². The van der Waals surface area contributed by atoms with E-state index < -0.39 is 0 Å². The first kappa shape index (κ1) is 13.5. The third-order valence-electron chi connectivity index (χ3n) is 2.97. The van der Waals surface area contributed by atoms with Crippen molar-refractivity contribution in [1.29, 1.82) is 0 Å². The lowest BCUT2D eigenvalue weighted by atomic mass is 9.97. The fourth-order valence-corrected chi connectivity index (χ4v) is 1.94. The largest absolute Gasteiger partial charge is 0.469 e. The summed E-state index contributed by atoms with van der Waals surface area (Å²) in [5.74, 6) is 0.620. The van der Waals surface area contributed by atoms with Crippen molar-refractivity contribution in [3.05, 3.63) is 0 Å². The molecule has 0 spiro atoms. The number of hydrogen-bond acceptors (Lipinski definition) is 4. The minimum Gasteiger partial charge on any atom is -0.469 e. The van der Waals surface area contributed by atoms with Crippen LogP contribution >= 0.6 is 0 Å². The molecule has 1 rings (SSSR count). The molecule has 0 saturated carbocycles. The van der Waals surface area contributed by atoms with Gasteiger partial charge in [-0.2, -0.15) is 0 Å². The number of ether oxygens (including phenoxy) is 2. The van der Waals surface area contributed by atoms with E-state index in [1.807, 2.05) is 0 Å². The van der Waals surface area contributed by atoms with Crippen LogP contribution in [-0.4, -0.2) is 39.4 Å². The molecule has 1 saturated heterocycles. The van der Waals surface area contributed by atoms with E-state index in [9.17, 15) is 4.79 Å². The second-order valence-corrected chi connectivity index (χ2v) is 4.29. The highest BCUT2D eigenvalue weighted by molar-refractivity contribution is 5.68. The number of methoxy groups -OCH3 is 1. The standard InChI is InChI=1S/C12H23NO3/c1-15-12(14)5-3-8-16-9-6-11-4-2-7-13-10-11/h11,13H,2-10H2,1H3. The molecule has 16 heavy (non-hydrogen) atoms. The second-order valence-electron chi connectivity index (χ2n) is 4.29. The molecule has 0 aliphatic carbocycles. The number of esters is 1. The van der Waals surface area contributed by atoms with Crippen LogP contribution in [0, 0.1) is 5.92 Å². The van der Waals surface area contributed by atoms with E-state index in [2.05, 4.69) is 10.1 Å². The van der Waals surface area contributed by atoms with Crippen LogP contribution in [0.4, 0.5) is 0 Å². The number of carbonyl (C=O) groups excluding carboxylic acids is 1. The van der Waals surface area contributed by atoms with Gasteiger partial charge >= 0.3 is 5.97 Å². The Hall–Kier alpha value is -0.610. The molecule has 1 unspecified atom stereocenters. The van der Waals surface area contributed by atoms with Gasteiger partial charge in [-0.1, -0.05) is 0 Å². The van der Waals surface area contributed by atoms with Crippen molar-refractivity contribution in [2.24, 2.45) is 5.92 Å². The number of hydrogen-bond donors (Lipinski definition) is 1. The van der Waals surface area contributed by atoms with Gasteiger partial charge < -0.3 is 14.8 Å². The lowest BCUT2D eigenvalue weighted by Crippen LogP contribution is -2.30. The van der Waals surface area contributed by atoms with Gasteiger partial charge in [-0.05, 0) is 44.7 Å². The topological polar surface area (TPSA) is 47.6 Å². The Morgan fingerprint density at radius 2 is 2.31 bits per heavy atom. The van der Waals surface area contributed by atoms with E-state index in [0.29, 0.717) is 13.0 Å². The van der Waals surface area contributed by atoms with Crippen molar-refractivity contribution in [3.63, 3.8) is 0 Å². The summed E-state index contributed by atoms with van der Waals surface area (Å²) in [6, 6.07) is 0. The zero-order chi connectivity index (χ0) is 11.6. The van der Waals surface area contributed by atoms with E-state index >= 15 is 0 Å². The maximum atomic E-state index is 10.8. The normalized spacial score (nSPS) is 20.7. The lowest BCUT2D eigenvalue weighted by molar-refractivity contribution is -0.141. The van der Waals surface area contributed by atoms with E-state index in [0.717, 1.165) is 38.5 Å². The van der Waals surface area contributed by atoms with Gasteiger partial charge in [0.05, 0.1) is 7.11 Å². The molecule has 4 nitrogen and oxygen atoms in total. The summed E-state index contributed by atoms with van der Waals surface area (Å²) in [4.78, 5) is 10.8. The average molecular weight is 229 g/mol. The molecule has 1 atom stereocenters. The van der Waals surface area contributed by atoms with Gasteiger partial charge in [0.1, 0.15) is 0 Å². The molecule has 0 amide bonds. The highest BCUT2D eigenvalue weighted by Crippen LogP contribution is 2.13. The zero-order valence-electron chi connectivity index (χ0n) is 10.2. The smallest absolute Gasteiger partial charge is 0.305 e. The molecule has 1 fully saturated rings. The van der Waals surface area contributed by atoms with Crippen LogP contribution < -0.4 is 5.32 Å². The second kappa shape index (κ2) is 8.53. The molecule has 1 N–H and O–H groups in total. The predicted octanol–water partition coefficient (Wildman–Crippen LogP) is 1.35. The highest BCUT2D eigenvalue weighted by Gasteiger charge is 2.12. The summed E-state index contributed by atoms with van der Waals surface area (Å²) < 4.78 is 10.0. The Morgan fingerprint density at radius 3 is 3.00 bits per heavy atom. The molecule has 1 aliphatic rings. The Labute approximate surface area is 97.7 Å². The minimum atomic E-state index is -0.153. The zero-order valence-corrected chi connectivity index (χ0v) is 10.2. The Kier molecular flexibility index (Phi) is 7.17. The van der Waals surface area contributed by atoms with Crippen molar-refractivity contribution in [2.45, 2.75) is 32.1 Å². The fraction of sp³-hybridized carbons (Fsp3) is 0.917. The molecule has 0 bridgehead atoms. The molecular formula is C12H23NO3. The molecule has 0 aromatic carbocycles. The fourth-order valence-electron chi connectivity index (χ4n) is 1.94. The molecule has 1 heterocycles. The van der Waals surface area contributed by atoms with Crippen LogP contribution in [0.15, 0.2) is 0 Å². The highest BCUT2D eigenvalue weighted by atomic mass is 16.5. The molecule has 0 aromatic rings. The first-order valence-electron chi connectivity index (χ1n) is 6.18. The third-order valence-corrected chi connectivity index (χ3v) is 2.97. The van der Waals surface area contributed by atoms with E-state index in [4.69, 9.17) is 4.74 Å². The summed E-state index contributed by atoms with van der Waals surface area (Å²) in [6.07, 6.45) is 4.95. The summed E-state index contributed by atoms with van der Waals surface area (Å²) >= 11 is 0. The first-order chi connectivity index (χ1) is 7.83. The summed E-state index contributed by atoms with van der Waals surface area (Å²) in [6.45, 7) is 3.77. The van der Waals surface area contributed by atoms with E-state index in [1.54, 1.807) is 0 Å². The number of nitrogens with one attached hydrogen (secondary N) is 1. The van der Waals surface area contributed by atoms with Gasteiger partial charge in [-0.25, -0.2) is 0 Å². The van der Waals surface area contributed by atoms with Crippen molar-refractivity contribution < 1.29 is 14.3 Å². The van der Waals surface area contributed by atoms with Gasteiger partial charge in [0.15, 0.2) is 0 Å². The molecule has 94 valence electrons. The van der Waals surface area contributed by atoms with Gasteiger partial charge in [0.2, 0.25) is 0 Å². The van der Waals surface area contributed by atoms with Crippen LogP contribution in [0.2, 0.25) is 0 Å². The summed E-state index contributed by atoms with van der Waals surface area (Å²) in [5.41, 5.74) is 0. The average Bonchev–Trinajstić information content (AvgIpc) is 2.34. The quantitative estimate of drug-likeness (QED) is 0.529. The van der Waals surface area contributed by atoms with Crippen molar-refractivity contribution in [2.75, 3.05) is 33.4 Å². The predicted molar refractivity (Wildman–Crippen MR) is 62.3 cm³/mol. The van der Waals surface area contributed by atoms with Crippen LogP contribution in [0.25, 0.3) is 0 Å². The molecule has 1 aliphatic heterocycles. The van der Waals surface area contributed by atoms with Gasteiger partial charge in [0.25, 0.3) is 0 Å². The monoisotopic (exact) mass is 229 g/mol. The summed E-state index contributed by atoms with van der Waals surface area (Å²) in [7, 11) is 1.42. The van der Waals surface area contributed by atoms with Crippen LogP contribution in [0.5, 0.6) is 0 Å². The third kappa shape index (κ3) is 6.08. The number of carbonyl (C=O) groups is 1. The van der Waals surface area contributed by atoms with Crippen LogP contribution in [-0.2, 0) is 14.3 Å². The number of piperidine rings is 1. The Balaban J connectivity index is 1.85. The van der Waals surface area contributed by atoms with Crippen molar-refractivity contribution in [3.8, 4) is 0 Å². The van der Waals surface area contributed by atoms with Crippen molar-refractivity contribution in [1.82, 2.24) is 5.32 Å². The molecule has 0 aromatic heterocycles. The van der Waals surface area contributed by atoms with Crippen LogP contribution in [0.1, 0.15) is 32.1 Å². The van der Waals surface area contributed by atoms with Gasteiger partial charge in [-0.15, -0.1) is 0 Å².